The molecule has 0 saturated carbocycles. The molecule has 0 amide bonds. The average Bonchev–Trinajstić information content (AvgIpc) is 2.94. The number of anilines is 2. The monoisotopic (exact) mass is 262 g/mol. The number of nitrogens with zero attached hydrogens (tertiary/aromatic N) is 2. The van der Waals surface area contributed by atoms with Gasteiger partial charge < -0.3 is 11.1 Å². The molecule has 4 heteroatoms. The normalized spacial score (nSPS) is 13.2. The van der Waals surface area contributed by atoms with Gasteiger partial charge in [0.1, 0.15) is 5.82 Å². The second kappa shape index (κ2) is 4.20. The van der Waals surface area contributed by atoms with Crippen LogP contribution in [0.3, 0.4) is 0 Å². The van der Waals surface area contributed by atoms with Crippen LogP contribution in [0.2, 0.25) is 0 Å². The Morgan fingerprint density at radius 2 is 1.85 bits per heavy atom. The Morgan fingerprint density at radius 3 is 2.80 bits per heavy atom. The Hall–Kier alpha value is -2.62. The third-order valence-corrected chi connectivity index (χ3v) is 3.74. The number of fused-ring (bicyclic) bond motifs is 2. The van der Waals surface area contributed by atoms with Gasteiger partial charge in [0.25, 0.3) is 0 Å². The van der Waals surface area contributed by atoms with E-state index in [4.69, 9.17) is 5.73 Å². The van der Waals surface area contributed by atoms with E-state index >= 15 is 0 Å². The molecule has 2 aromatic carbocycles. The summed E-state index contributed by atoms with van der Waals surface area (Å²) in [5.41, 5.74) is 9.09. The van der Waals surface area contributed by atoms with Gasteiger partial charge in [-0.1, -0.05) is 42.5 Å². The fourth-order valence-electron chi connectivity index (χ4n) is 2.84. The van der Waals surface area contributed by atoms with Crippen molar-refractivity contribution < 1.29 is 0 Å². The third-order valence-electron chi connectivity index (χ3n) is 3.74. The van der Waals surface area contributed by atoms with Gasteiger partial charge in [-0.3, -0.25) is 0 Å². The van der Waals surface area contributed by atoms with Gasteiger partial charge in [-0.15, -0.1) is 0 Å². The summed E-state index contributed by atoms with van der Waals surface area (Å²) in [7, 11) is 0. The van der Waals surface area contributed by atoms with E-state index in [2.05, 4.69) is 51.7 Å². The minimum atomic E-state index is 0.320. The van der Waals surface area contributed by atoms with Crippen molar-refractivity contribution in [3.63, 3.8) is 0 Å². The van der Waals surface area contributed by atoms with Crippen molar-refractivity contribution in [2.45, 2.75) is 6.42 Å². The van der Waals surface area contributed by atoms with Crippen LogP contribution in [0.15, 0.2) is 42.5 Å². The van der Waals surface area contributed by atoms with Crippen LogP contribution in [0.5, 0.6) is 0 Å². The summed E-state index contributed by atoms with van der Waals surface area (Å²) in [4.78, 5) is 8.77. The van der Waals surface area contributed by atoms with Crippen molar-refractivity contribution in [1.82, 2.24) is 9.97 Å². The van der Waals surface area contributed by atoms with Crippen LogP contribution in [0.25, 0.3) is 22.0 Å². The van der Waals surface area contributed by atoms with E-state index in [1.807, 2.05) is 6.07 Å². The summed E-state index contributed by atoms with van der Waals surface area (Å²) in [6.45, 7) is 0.894. The van der Waals surface area contributed by atoms with Crippen LogP contribution >= 0.6 is 0 Å². The van der Waals surface area contributed by atoms with Gasteiger partial charge in [0.2, 0.25) is 5.95 Å². The van der Waals surface area contributed by atoms with Crippen molar-refractivity contribution in [2.24, 2.45) is 0 Å². The molecule has 4 rings (SSSR count). The van der Waals surface area contributed by atoms with E-state index in [1.54, 1.807) is 0 Å². The van der Waals surface area contributed by atoms with Crippen molar-refractivity contribution in [3.8, 4) is 11.3 Å². The van der Waals surface area contributed by atoms with Gasteiger partial charge in [0, 0.05) is 17.7 Å². The number of hydrogen-bond acceptors (Lipinski definition) is 4. The Balaban J connectivity index is 2.05. The highest BCUT2D eigenvalue weighted by Crippen LogP contribution is 2.34. The highest BCUT2D eigenvalue weighted by molar-refractivity contribution is 5.97. The predicted molar refractivity (Wildman–Crippen MR) is 81.6 cm³/mol. The molecule has 0 unspecified atom stereocenters. The molecular weight excluding hydrogens is 248 g/mol. The molecule has 0 atom stereocenters. The Labute approximate surface area is 116 Å². The van der Waals surface area contributed by atoms with Gasteiger partial charge in [-0.25, -0.2) is 4.98 Å². The summed E-state index contributed by atoms with van der Waals surface area (Å²) in [6, 6.07) is 14.6. The van der Waals surface area contributed by atoms with Crippen LogP contribution in [0.4, 0.5) is 11.8 Å². The molecule has 1 aromatic heterocycles. The largest absolute Gasteiger partial charge is 0.369 e. The summed E-state index contributed by atoms with van der Waals surface area (Å²) in [5.74, 6) is 1.20. The second-order valence-corrected chi connectivity index (χ2v) is 4.96. The Bertz CT molecular complexity index is 805. The molecule has 0 fully saturated rings. The predicted octanol–water partition coefficient (Wildman–Crippen LogP) is 2.85. The fraction of sp³-hybridized carbons (Fsp3) is 0.125. The van der Waals surface area contributed by atoms with E-state index in [-0.39, 0.29) is 0 Å². The van der Waals surface area contributed by atoms with Crippen LogP contribution in [-0.2, 0) is 6.42 Å². The SMILES string of the molecule is Nc1nc2c(c(-c3cccc4ccccc34)n1)CCN2. The second-order valence-electron chi connectivity index (χ2n) is 4.96. The highest BCUT2D eigenvalue weighted by atomic mass is 15.1. The van der Waals surface area contributed by atoms with Gasteiger partial charge in [0.15, 0.2) is 0 Å². The highest BCUT2D eigenvalue weighted by Gasteiger charge is 2.20. The molecule has 2 heterocycles. The maximum atomic E-state index is 5.85. The van der Waals surface area contributed by atoms with Crippen LogP contribution < -0.4 is 11.1 Å². The lowest BCUT2D eigenvalue weighted by molar-refractivity contribution is 1.09. The Morgan fingerprint density at radius 1 is 1.00 bits per heavy atom. The van der Waals surface area contributed by atoms with E-state index in [0.29, 0.717) is 5.95 Å². The number of aromatic nitrogens is 2. The van der Waals surface area contributed by atoms with E-state index in [9.17, 15) is 0 Å². The molecule has 1 aliphatic rings. The minimum absolute atomic E-state index is 0.320. The van der Waals surface area contributed by atoms with Crippen molar-refractivity contribution in [2.75, 3.05) is 17.6 Å². The summed E-state index contributed by atoms with van der Waals surface area (Å²) in [5, 5.41) is 5.67. The van der Waals surface area contributed by atoms with E-state index in [0.717, 1.165) is 35.6 Å². The minimum Gasteiger partial charge on any atom is -0.369 e. The smallest absolute Gasteiger partial charge is 0.222 e. The zero-order valence-corrected chi connectivity index (χ0v) is 10.9. The Kier molecular flexibility index (Phi) is 2.36. The molecule has 3 aromatic rings. The average molecular weight is 262 g/mol. The number of rotatable bonds is 1. The van der Waals surface area contributed by atoms with Crippen LogP contribution in [0, 0.1) is 0 Å². The molecular formula is C16H14N4. The van der Waals surface area contributed by atoms with E-state index < -0.39 is 0 Å². The van der Waals surface area contributed by atoms with Gasteiger partial charge in [0.05, 0.1) is 5.69 Å². The standard InChI is InChI=1S/C16H14N4/c17-16-19-14(13-8-9-18-15(13)20-16)12-7-3-5-10-4-1-2-6-11(10)12/h1-7H,8-9H2,(H3,17,18,19,20). The lowest BCUT2D eigenvalue weighted by Gasteiger charge is -2.10. The first-order valence-corrected chi connectivity index (χ1v) is 6.71. The lowest BCUT2D eigenvalue weighted by Crippen LogP contribution is -2.01. The molecule has 98 valence electrons. The topological polar surface area (TPSA) is 63.8 Å². The molecule has 0 bridgehead atoms. The van der Waals surface area contributed by atoms with E-state index in [1.165, 1.54) is 10.8 Å². The summed E-state index contributed by atoms with van der Waals surface area (Å²) >= 11 is 0. The third kappa shape index (κ3) is 1.61. The number of nitrogen functional groups attached to an aromatic ring is 1. The maximum absolute atomic E-state index is 5.85. The van der Waals surface area contributed by atoms with Gasteiger partial charge in [-0.2, -0.15) is 4.98 Å². The van der Waals surface area contributed by atoms with Crippen molar-refractivity contribution in [1.29, 1.82) is 0 Å². The molecule has 3 N–H and O–H groups in total. The number of benzene rings is 2. The summed E-state index contributed by atoms with van der Waals surface area (Å²) < 4.78 is 0. The van der Waals surface area contributed by atoms with Crippen LogP contribution in [-0.4, -0.2) is 16.5 Å². The zero-order chi connectivity index (χ0) is 13.5. The number of nitrogens with one attached hydrogen (secondary N) is 1. The maximum Gasteiger partial charge on any atom is 0.222 e. The number of hydrogen-bond donors (Lipinski definition) is 2. The lowest BCUT2D eigenvalue weighted by atomic mass is 9.99. The zero-order valence-electron chi connectivity index (χ0n) is 10.9. The first-order chi connectivity index (χ1) is 9.83. The molecule has 0 aliphatic carbocycles. The molecule has 20 heavy (non-hydrogen) atoms. The molecule has 0 saturated heterocycles. The first-order valence-electron chi connectivity index (χ1n) is 6.71. The quantitative estimate of drug-likeness (QED) is 0.708. The molecule has 1 aliphatic heterocycles. The summed E-state index contributed by atoms with van der Waals surface area (Å²) in [6.07, 6.45) is 0.939. The molecule has 4 nitrogen and oxygen atoms in total. The van der Waals surface area contributed by atoms with Crippen molar-refractivity contribution in [3.05, 3.63) is 48.0 Å². The fourth-order valence-corrected chi connectivity index (χ4v) is 2.84. The number of nitrogens with two attached hydrogens (primary N) is 1. The van der Waals surface area contributed by atoms with Crippen molar-refractivity contribution >= 4 is 22.5 Å². The van der Waals surface area contributed by atoms with Gasteiger partial charge >= 0.3 is 0 Å². The van der Waals surface area contributed by atoms with Crippen LogP contribution in [0.1, 0.15) is 5.56 Å². The first kappa shape index (κ1) is 11.2. The molecule has 0 radical (unpaired) electrons. The molecule has 0 spiro atoms. The van der Waals surface area contributed by atoms with Gasteiger partial charge in [-0.05, 0) is 17.2 Å².